The number of aromatic nitrogens is 4. The summed E-state index contributed by atoms with van der Waals surface area (Å²) in [5, 5.41) is 2.52. The van der Waals surface area contributed by atoms with Gasteiger partial charge in [0.1, 0.15) is 0 Å². The molecule has 2 aromatic heterocycles. The van der Waals surface area contributed by atoms with Crippen LogP contribution in [0.15, 0.2) is 206 Å². The van der Waals surface area contributed by atoms with Crippen LogP contribution in [0, 0.1) is 0 Å². The van der Waals surface area contributed by atoms with Gasteiger partial charge in [0, 0.05) is 33.0 Å². The molecule has 0 fully saturated rings. The number of fused-ring (bicyclic) bond motifs is 3. The quantitative estimate of drug-likeness (QED) is 0.166. The Morgan fingerprint density at radius 1 is 0.273 bits per heavy atom. The summed E-state index contributed by atoms with van der Waals surface area (Å²) in [5.41, 5.74) is 13.4. The van der Waals surface area contributed by atoms with E-state index in [1.807, 2.05) is 60.7 Å². The van der Waals surface area contributed by atoms with Crippen LogP contribution >= 0.6 is 0 Å². The molecule has 0 saturated carbocycles. The second-order valence-electron chi connectivity index (χ2n) is 13.7. The molecule has 10 rings (SSSR count). The Morgan fingerprint density at radius 2 is 0.655 bits per heavy atom. The van der Waals surface area contributed by atoms with Crippen molar-refractivity contribution in [3.05, 3.63) is 206 Å². The van der Waals surface area contributed by atoms with E-state index in [0.717, 1.165) is 27.8 Å². The van der Waals surface area contributed by atoms with Gasteiger partial charge in [-0.25, -0.2) is 15.0 Å². The summed E-state index contributed by atoms with van der Waals surface area (Å²) in [6.45, 7) is 0. The minimum absolute atomic E-state index is 0.646. The van der Waals surface area contributed by atoms with Gasteiger partial charge in [-0.15, -0.1) is 0 Å². The van der Waals surface area contributed by atoms with Gasteiger partial charge < -0.3 is 4.57 Å². The molecule has 0 saturated heterocycles. The highest BCUT2D eigenvalue weighted by Gasteiger charge is 2.16. The van der Waals surface area contributed by atoms with Crippen LogP contribution in [0.5, 0.6) is 0 Å². The van der Waals surface area contributed by atoms with Crippen LogP contribution < -0.4 is 0 Å². The van der Waals surface area contributed by atoms with Crippen LogP contribution in [0.1, 0.15) is 0 Å². The lowest BCUT2D eigenvalue weighted by Crippen LogP contribution is -2.00. The largest absolute Gasteiger partial charge is 0.309 e. The van der Waals surface area contributed by atoms with Gasteiger partial charge in [-0.3, -0.25) is 0 Å². The van der Waals surface area contributed by atoms with Crippen LogP contribution in [0.2, 0.25) is 0 Å². The Bertz CT molecular complexity index is 2840. The molecule has 4 heteroatoms. The van der Waals surface area contributed by atoms with E-state index in [1.54, 1.807) is 0 Å². The lowest BCUT2D eigenvalue weighted by atomic mass is 9.96. The normalized spacial score (nSPS) is 11.3. The smallest absolute Gasteiger partial charge is 0.164 e. The first-order valence-electron chi connectivity index (χ1n) is 18.5. The minimum Gasteiger partial charge on any atom is -0.309 e. The molecule has 0 aliphatic heterocycles. The van der Waals surface area contributed by atoms with Gasteiger partial charge in [-0.2, -0.15) is 0 Å². The van der Waals surface area contributed by atoms with E-state index in [9.17, 15) is 0 Å². The van der Waals surface area contributed by atoms with Crippen molar-refractivity contribution < 1.29 is 0 Å². The molecule has 8 aromatic carbocycles. The van der Waals surface area contributed by atoms with Gasteiger partial charge in [-0.05, 0) is 52.1 Å². The van der Waals surface area contributed by atoms with Gasteiger partial charge in [0.15, 0.2) is 17.5 Å². The summed E-state index contributed by atoms with van der Waals surface area (Å²) < 4.78 is 2.40. The molecule has 0 N–H and O–H groups in total. The number of hydrogen-bond acceptors (Lipinski definition) is 3. The number of nitrogens with zero attached hydrogens (tertiary/aromatic N) is 4. The van der Waals surface area contributed by atoms with Crippen molar-refractivity contribution in [2.24, 2.45) is 0 Å². The summed E-state index contributed by atoms with van der Waals surface area (Å²) in [6.07, 6.45) is 0. The predicted molar refractivity (Wildman–Crippen MR) is 227 cm³/mol. The molecule has 0 amide bonds. The third kappa shape index (κ3) is 6.06. The van der Waals surface area contributed by atoms with E-state index >= 15 is 0 Å². The van der Waals surface area contributed by atoms with Gasteiger partial charge in [0.05, 0.1) is 16.7 Å². The predicted octanol–water partition coefficient (Wildman–Crippen LogP) is 13.0. The standard InChI is InChI=1S/C51H34N4/c1-3-14-38(15-4-1)49-52-50(39-16-5-2-6-17-39)54-51(53-49)40-32-28-36(29-33-40)42-19-13-18-41(34-42)35-26-30-37(31-27-35)43-20-7-10-23-46(43)55-47-24-11-8-21-44(47)45-22-9-12-25-48(45)55/h1-34H. The van der Waals surface area contributed by atoms with Crippen LogP contribution in [0.4, 0.5) is 0 Å². The minimum atomic E-state index is 0.646. The van der Waals surface area contributed by atoms with Crippen LogP contribution in [0.25, 0.3) is 95.0 Å². The van der Waals surface area contributed by atoms with Crippen molar-refractivity contribution in [2.45, 2.75) is 0 Å². The Balaban J connectivity index is 0.956. The number of rotatable bonds is 7. The first kappa shape index (κ1) is 32.2. The van der Waals surface area contributed by atoms with Crippen molar-refractivity contribution in [2.75, 3.05) is 0 Å². The second kappa shape index (κ2) is 13.8. The molecule has 258 valence electrons. The molecule has 0 aliphatic carbocycles. The molecule has 0 spiro atoms. The van der Waals surface area contributed by atoms with Crippen molar-refractivity contribution in [3.8, 4) is 73.2 Å². The maximum Gasteiger partial charge on any atom is 0.164 e. The van der Waals surface area contributed by atoms with Crippen molar-refractivity contribution >= 4 is 21.8 Å². The fourth-order valence-corrected chi connectivity index (χ4v) is 7.56. The third-order valence-corrected chi connectivity index (χ3v) is 10.3. The third-order valence-electron chi connectivity index (χ3n) is 10.3. The fraction of sp³-hybridized carbons (Fsp3) is 0. The first-order valence-corrected chi connectivity index (χ1v) is 18.5. The zero-order chi connectivity index (χ0) is 36.6. The van der Waals surface area contributed by atoms with Crippen molar-refractivity contribution in [1.82, 2.24) is 19.5 Å². The Kier molecular flexibility index (Phi) is 8.12. The van der Waals surface area contributed by atoms with Gasteiger partial charge in [-0.1, -0.05) is 182 Å². The van der Waals surface area contributed by atoms with Crippen LogP contribution in [-0.2, 0) is 0 Å². The molecule has 0 unspecified atom stereocenters. The molecule has 4 nitrogen and oxygen atoms in total. The highest BCUT2D eigenvalue weighted by molar-refractivity contribution is 6.09. The Labute approximate surface area is 319 Å². The van der Waals surface area contributed by atoms with Crippen LogP contribution in [-0.4, -0.2) is 19.5 Å². The van der Waals surface area contributed by atoms with Crippen molar-refractivity contribution in [1.29, 1.82) is 0 Å². The molecule has 10 aromatic rings. The molecular weight excluding hydrogens is 669 g/mol. The van der Waals surface area contributed by atoms with E-state index < -0.39 is 0 Å². The van der Waals surface area contributed by atoms with E-state index in [1.165, 1.54) is 49.7 Å². The monoisotopic (exact) mass is 702 g/mol. The number of hydrogen-bond donors (Lipinski definition) is 0. The topological polar surface area (TPSA) is 43.6 Å². The average Bonchev–Trinajstić information content (AvgIpc) is 3.61. The lowest BCUT2D eigenvalue weighted by Gasteiger charge is -2.14. The van der Waals surface area contributed by atoms with Crippen molar-refractivity contribution in [3.63, 3.8) is 0 Å². The highest BCUT2D eigenvalue weighted by Crippen LogP contribution is 2.37. The Hall–Kier alpha value is -7.43. The van der Waals surface area contributed by atoms with Gasteiger partial charge in [0.2, 0.25) is 0 Å². The molecular formula is C51H34N4. The van der Waals surface area contributed by atoms with E-state index in [4.69, 9.17) is 15.0 Å². The molecule has 0 aliphatic rings. The molecule has 55 heavy (non-hydrogen) atoms. The molecule has 2 heterocycles. The summed E-state index contributed by atoms with van der Waals surface area (Å²) >= 11 is 0. The first-order chi connectivity index (χ1) is 27.3. The zero-order valence-corrected chi connectivity index (χ0v) is 29.9. The summed E-state index contributed by atoms with van der Waals surface area (Å²) in [7, 11) is 0. The number of para-hydroxylation sites is 3. The summed E-state index contributed by atoms with van der Waals surface area (Å²) in [5.74, 6) is 1.96. The second-order valence-corrected chi connectivity index (χ2v) is 13.7. The zero-order valence-electron chi connectivity index (χ0n) is 29.9. The summed E-state index contributed by atoms with van der Waals surface area (Å²) in [4.78, 5) is 14.7. The maximum absolute atomic E-state index is 4.91. The molecule has 0 atom stereocenters. The van der Waals surface area contributed by atoms with E-state index in [2.05, 4.69) is 150 Å². The highest BCUT2D eigenvalue weighted by atomic mass is 15.0. The SMILES string of the molecule is c1ccc(-c2nc(-c3ccccc3)nc(-c3ccc(-c4cccc(-c5ccc(-c6ccccc6-n6c7ccccc7c7ccccc76)cc5)c4)cc3)n2)cc1. The Morgan fingerprint density at radius 3 is 1.18 bits per heavy atom. The lowest BCUT2D eigenvalue weighted by molar-refractivity contribution is 1.07. The van der Waals surface area contributed by atoms with Crippen LogP contribution in [0.3, 0.4) is 0 Å². The summed E-state index contributed by atoms with van der Waals surface area (Å²) in [6, 6.07) is 72.4. The maximum atomic E-state index is 4.91. The average molecular weight is 703 g/mol. The van der Waals surface area contributed by atoms with Gasteiger partial charge in [0.25, 0.3) is 0 Å². The number of benzene rings is 8. The fourth-order valence-electron chi connectivity index (χ4n) is 7.56. The van der Waals surface area contributed by atoms with E-state index in [0.29, 0.717) is 17.5 Å². The van der Waals surface area contributed by atoms with E-state index in [-0.39, 0.29) is 0 Å². The van der Waals surface area contributed by atoms with Gasteiger partial charge >= 0.3 is 0 Å². The molecule has 0 bridgehead atoms. The molecule has 0 radical (unpaired) electrons.